The molecular formula is C27H29FN6O3S2. The quantitative estimate of drug-likeness (QED) is 0.270. The second-order valence-electron chi connectivity index (χ2n) is 8.78. The van der Waals surface area contributed by atoms with Gasteiger partial charge in [0.2, 0.25) is 0 Å². The van der Waals surface area contributed by atoms with E-state index in [2.05, 4.69) is 15.2 Å². The van der Waals surface area contributed by atoms with Crippen LogP contribution in [0.5, 0.6) is 11.5 Å². The van der Waals surface area contributed by atoms with E-state index in [4.69, 9.17) is 25.2 Å². The van der Waals surface area contributed by atoms with Gasteiger partial charge in [-0.05, 0) is 38.1 Å². The number of aromatic nitrogens is 3. The van der Waals surface area contributed by atoms with Crippen molar-refractivity contribution < 1.29 is 18.7 Å². The number of hydrogen-bond acceptors (Lipinski definition) is 10. The molecule has 0 unspecified atom stereocenters. The molecule has 204 valence electrons. The molecule has 2 aromatic carbocycles. The lowest BCUT2D eigenvalue weighted by molar-refractivity contribution is 0.1000. The van der Waals surface area contributed by atoms with E-state index >= 15 is 0 Å². The third-order valence-corrected chi connectivity index (χ3v) is 7.90. The highest BCUT2D eigenvalue weighted by Crippen LogP contribution is 2.36. The van der Waals surface area contributed by atoms with Crippen LogP contribution in [0.1, 0.15) is 29.5 Å². The van der Waals surface area contributed by atoms with Gasteiger partial charge in [0.1, 0.15) is 17.5 Å². The highest BCUT2D eigenvalue weighted by atomic mass is 32.2. The Balaban J connectivity index is 1.56. The van der Waals surface area contributed by atoms with Gasteiger partial charge in [-0.25, -0.2) is 19.3 Å². The Morgan fingerprint density at radius 2 is 1.82 bits per heavy atom. The number of benzene rings is 2. The highest BCUT2D eigenvalue weighted by Gasteiger charge is 2.19. The Morgan fingerprint density at radius 3 is 2.51 bits per heavy atom. The fraction of sp³-hybridized carbons (Fsp3) is 0.333. The molecule has 3 heterocycles. The van der Waals surface area contributed by atoms with Crippen LogP contribution in [0.3, 0.4) is 0 Å². The van der Waals surface area contributed by atoms with Gasteiger partial charge < -0.3 is 20.5 Å². The lowest BCUT2D eigenvalue weighted by atomic mass is 10.1. The standard InChI is InChI=1S/C27H29FN6O3S2/c1-3-36-22-12-18-20(13-23(22)37-4-2)31-24(14-34-7-9-38-10-8-34)33-26(18)30-16-5-6-19(28)17(11-16)21-15-39-27(32-21)25(29)35/h5-6,11-13,15H,3-4,7-10,14H2,1-2H3,(H2,29,35)(H,30,31,33). The average Bonchev–Trinajstić information content (AvgIpc) is 3.42. The largest absolute Gasteiger partial charge is 0.490 e. The van der Waals surface area contributed by atoms with Gasteiger partial charge in [-0.15, -0.1) is 11.3 Å². The van der Waals surface area contributed by atoms with Crippen LogP contribution in [-0.2, 0) is 6.54 Å². The Kier molecular flexibility index (Phi) is 8.44. The number of anilines is 2. The molecule has 4 aromatic rings. The zero-order valence-corrected chi connectivity index (χ0v) is 23.3. The lowest BCUT2D eigenvalue weighted by Gasteiger charge is -2.25. The molecule has 1 saturated heterocycles. The van der Waals surface area contributed by atoms with Gasteiger partial charge in [0.15, 0.2) is 16.5 Å². The molecule has 2 aromatic heterocycles. The Labute approximate surface area is 233 Å². The van der Waals surface area contributed by atoms with Crippen molar-refractivity contribution in [2.75, 3.05) is 43.1 Å². The molecule has 0 spiro atoms. The van der Waals surface area contributed by atoms with Crippen LogP contribution in [0.25, 0.3) is 22.2 Å². The fourth-order valence-corrected chi connectivity index (χ4v) is 5.94. The topological polar surface area (TPSA) is 115 Å². The Hall–Kier alpha value is -3.48. The monoisotopic (exact) mass is 568 g/mol. The second-order valence-corrected chi connectivity index (χ2v) is 10.9. The molecule has 1 fully saturated rings. The summed E-state index contributed by atoms with van der Waals surface area (Å²) in [5.74, 6) is 3.52. The average molecular weight is 569 g/mol. The van der Waals surface area contributed by atoms with E-state index in [0.29, 0.717) is 59.8 Å². The summed E-state index contributed by atoms with van der Waals surface area (Å²) in [4.78, 5) is 27.8. The third-order valence-electron chi connectivity index (χ3n) is 6.10. The minimum atomic E-state index is -0.648. The molecule has 5 rings (SSSR count). The van der Waals surface area contributed by atoms with Crippen molar-refractivity contribution in [2.45, 2.75) is 20.4 Å². The van der Waals surface area contributed by atoms with Crippen molar-refractivity contribution >= 4 is 51.4 Å². The maximum atomic E-state index is 14.8. The van der Waals surface area contributed by atoms with Crippen LogP contribution in [0, 0.1) is 5.82 Å². The van der Waals surface area contributed by atoms with E-state index in [-0.39, 0.29) is 10.6 Å². The lowest BCUT2D eigenvalue weighted by Crippen LogP contribution is -2.32. The summed E-state index contributed by atoms with van der Waals surface area (Å²) in [6, 6.07) is 8.38. The Morgan fingerprint density at radius 1 is 1.08 bits per heavy atom. The zero-order chi connectivity index (χ0) is 27.4. The highest BCUT2D eigenvalue weighted by molar-refractivity contribution is 7.99. The van der Waals surface area contributed by atoms with Crippen molar-refractivity contribution in [3.8, 4) is 22.8 Å². The van der Waals surface area contributed by atoms with E-state index in [1.54, 1.807) is 17.5 Å². The molecular weight excluding hydrogens is 539 g/mol. The number of carbonyl (C=O) groups excluding carboxylic acids is 1. The summed E-state index contributed by atoms with van der Waals surface area (Å²) >= 11 is 3.03. The fourth-order valence-electron chi connectivity index (χ4n) is 4.29. The van der Waals surface area contributed by atoms with Crippen LogP contribution < -0.4 is 20.5 Å². The molecule has 1 aliphatic heterocycles. The number of amides is 1. The third kappa shape index (κ3) is 6.23. The molecule has 0 radical (unpaired) electrons. The summed E-state index contributed by atoms with van der Waals surface area (Å²) in [5, 5.41) is 5.84. The SMILES string of the molecule is CCOc1cc2nc(CN3CCSCC3)nc(Nc3ccc(F)c(-c4csc(C(N)=O)n4)c3)c2cc1OCC. The van der Waals surface area contributed by atoms with Gasteiger partial charge >= 0.3 is 0 Å². The van der Waals surface area contributed by atoms with E-state index in [1.165, 1.54) is 6.07 Å². The van der Waals surface area contributed by atoms with Gasteiger partial charge in [-0.2, -0.15) is 11.8 Å². The van der Waals surface area contributed by atoms with E-state index in [1.807, 2.05) is 37.7 Å². The zero-order valence-electron chi connectivity index (χ0n) is 21.7. The second kappa shape index (κ2) is 12.1. The number of ether oxygens (including phenoxy) is 2. The van der Waals surface area contributed by atoms with Gasteiger partial charge in [0, 0.05) is 52.7 Å². The van der Waals surface area contributed by atoms with Gasteiger partial charge in [0.25, 0.3) is 5.91 Å². The number of halogens is 1. The molecule has 1 aliphatic rings. The molecule has 39 heavy (non-hydrogen) atoms. The predicted molar refractivity (Wildman–Crippen MR) is 154 cm³/mol. The molecule has 0 bridgehead atoms. The molecule has 0 saturated carbocycles. The number of fused-ring (bicyclic) bond motifs is 1. The minimum Gasteiger partial charge on any atom is -0.490 e. The maximum absolute atomic E-state index is 14.8. The first kappa shape index (κ1) is 27.1. The van der Waals surface area contributed by atoms with Crippen molar-refractivity contribution in [1.29, 1.82) is 0 Å². The van der Waals surface area contributed by atoms with Crippen molar-refractivity contribution in [3.63, 3.8) is 0 Å². The molecule has 3 N–H and O–H groups in total. The number of nitrogens with two attached hydrogens (primary N) is 1. The number of nitrogens with one attached hydrogen (secondary N) is 1. The number of thiazole rings is 1. The molecule has 12 heteroatoms. The predicted octanol–water partition coefficient (Wildman–Crippen LogP) is 5.08. The van der Waals surface area contributed by atoms with Crippen molar-refractivity contribution in [1.82, 2.24) is 19.9 Å². The number of primary amides is 1. The van der Waals surface area contributed by atoms with Gasteiger partial charge in [-0.1, -0.05) is 0 Å². The summed E-state index contributed by atoms with van der Waals surface area (Å²) in [7, 11) is 0. The Bertz CT molecular complexity index is 1490. The van der Waals surface area contributed by atoms with Crippen LogP contribution >= 0.6 is 23.1 Å². The maximum Gasteiger partial charge on any atom is 0.277 e. The summed E-state index contributed by atoms with van der Waals surface area (Å²) < 4.78 is 26.5. The van der Waals surface area contributed by atoms with Crippen molar-refractivity contribution in [3.05, 3.63) is 52.4 Å². The first-order chi connectivity index (χ1) is 18.9. The van der Waals surface area contributed by atoms with E-state index in [0.717, 1.165) is 41.3 Å². The first-order valence-electron chi connectivity index (χ1n) is 12.7. The van der Waals surface area contributed by atoms with E-state index < -0.39 is 11.7 Å². The van der Waals surface area contributed by atoms with Crippen LogP contribution in [0.4, 0.5) is 15.9 Å². The molecule has 9 nitrogen and oxygen atoms in total. The van der Waals surface area contributed by atoms with Crippen LogP contribution in [0.2, 0.25) is 0 Å². The minimum absolute atomic E-state index is 0.124. The number of thioether (sulfide) groups is 1. The molecule has 1 amide bonds. The van der Waals surface area contributed by atoms with Gasteiger partial charge in [-0.3, -0.25) is 9.69 Å². The molecule has 0 aliphatic carbocycles. The number of rotatable bonds is 10. The van der Waals surface area contributed by atoms with Crippen LogP contribution in [0.15, 0.2) is 35.7 Å². The van der Waals surface area contributed by atoms with Gasteiger partial charge in [0.05, 0.1) is 31.0 Å². The molecule has 0 atom stereocenters. The summed E-state index contributed by atoms with van der Waals surface area (Å²) in [5.41, 5.74) is 7.25. The van der Waals surface area contributed by atoms with E-state index in [9.17, 15) is 9.18 Å². The first-order valence-corrected chi connectivity index (χ1v) is 14.7. The number of carbonyl (C=O) groups is 1. The number of hydrogen-bond donors (Lipinski definition) is 2. The van der Waals surface area contributed by atoms with Crippen LogP contribution in [-0.4, -0.2) is 63.6 Å². The summed E-state index contributed by atoms with van der Waals surface area (Å²) in [6.07, 6.45) is 0. The number of nitrogens with zero attached hydrogens (tertiary/aromatic N) is 4. The summed E-state index contributed by atoms with van der Waals surface area (Å²) in [6.45, 7) is 7.38. The smallest absolute Gasteiger partial charge is 0.277 e. The normalized spacial score (nSPS) is 13.9. The van der Waals surface area contributed by atoms with Crippen molar-refractivity contribution in [2.24, 2.45) is 5.73 Å².